The molecule has 0 aromatic heterocycles. The third kappa shape index (κ3) is 5.27. The largest absolute Gasteiger partial charge is 0.370 e. The van der Waals surface area contributed by atoms with Crippen molar-refractivity contribution in [2.75, 3.05) is 13.1 Å². The Labute approximate surface area is 114 Å². The summed E-state index contributed by atoms with van der Waals surface area (Å²) in [6.07, 6.45) is 9.48. The number of rotatable bonds is 7. The van der Waals surface area contributed by atoms with Crippen LogP contribution in [0.25, 0.3) is 0 Å². The van der Waals surface area contributed by atoms with Crippen LogP contribution in [0.4, 0.5) is 0 Å². The van der Waals surface area contributed by atoms with Gasteiger partial charge in [-0.1, -0.05) is 46.5 Å². The molecular formula is C16H33NO. The van der Waals surface area contributed by atoms with Gasteiger partial charge in [-0.3, -0.25) is 0 Å². The minimum absolute atomic E-state index is 0.107. The predicted octanol–water partition coefficient (Wildman–Crippen LogP) is 4.14. The lowest BCUT2D eigenvalue weighted by molar-refractivity contribution is -0.109. The molecule has 0 saturated heterocycles. The summed E-state index contributed by atoms with van der Waals surface area (Å²) in [6, 6.07) is 0. The van der Waals surface area contributed by atoms with Gasteiger partial charge in [-0.25, -0.2) is 0 Å². The third-order valence-corrected chi connectivity index (χ3v) is 4.26. The van der Waals surface area contributed by atoms with Crippen molar-refractivity contribution in [3.63, 3.8) is 0 Å². The maximum Gasteiger partial charge on any atom is 0.0810 e. The summed E-state index contributed by atoms with van der Waals surface area (Å²) in [5.41, 5.74) is 0.107. The van der Waals surface area contributed by atoms with E-state index in [0.717, 1.165) is 13.1 Å². The molecule has 2 nitrogen and oxygen atoms in total. The number of hydrogen-bond donors (Lipinski definition) is 1. The van der Waals surface area contributed by atoms with E-state index in [-0.39, 0.29) is 5.60 Å². The van der Waals surface area contributed by atoms with Crippen molar-refractivity contribution in [2.45, 2.75) is 84.3 Å². The molecule has 0 radical (unpaired) electrons. The first kappa shape index (κ1) is 16.0. The standard InChI is InChI=1S/C16H33NO/c1-5-12-17-13-16(18-15(4)14(2)3)10-8-6-7-9-11-16/h14-15,17H,5-13H2,1-4H3. The van der Waals surface area contributed by atoms with E-state index in [9.17, 15) is 0 Å². The highest BCUT2D eigenvalue weighted by molar-refractivity contribution is 4.86. The molecule has 1 aliphatic rings. The van der Waals surface area contributed by atoms with Crippen LogP contribution in [0.2, 0.25) is 0 Å². The number of ether oxygens (including phenoxy) is 1. The molecule has 0 aromatic carbocycles. The van der Waals surface area contributed by atoms with Crippen LogP contribution in [0.1, 0.15) is 72.6 Å². The molecule has 1 fully saturated rings. The topological polar surface area (TPSA) is 21.3 Å². The van der Waals surface area contributed by atoms with E-state index in [1.165, 1.54) is 44.9 Å². The van der Waals surface area contributed by atoms with Crippen LogP contribution >= 0.6 is 0 Å². The highest BCUT2D eigenvalue weighted by atomic mass is 16.5. The van der Waals surface area contributed by atoms with Crippen molar-refractivity contribution in [1.29, 1.82) is 0 Å². The Balaban J connectivity index is 2.59. The molecule has 0 heterocycles. The van der Waals surface area contributed by atoms with Gasteiger partial charge in [0.25, 0.3) is 0 Å². The van der Waals surface area contributed by atoms with Gasteiger partial charge in [-0.15, -0.1) is 0 Å². The molecule has 108 valence electrons. The van der Waals surface area contributed by atoms with E-state index in [1.54, 1.807) is 0 Å². The minimum Gasteiger partial charge on any atom is -0.370 e. The zero-order chi connectivity index (χ0) is 13.4. The zero-order valence-electron chi connectivity index (χ0n) is 12.9. The molecule has 1 atom stereocenters. The fourth-order valence-corrected chi connectivity index (χ4v) is 2.73. The Kier molecular flexibility index (Phi) is 7.25. The summed E-state index contributed by atoms with van der Waals surface area (Å²) in [5, 5.41) is 3.59. The SMILES string of the molecule is CCCNCC1(OC(C)C(C)C)CCCCCC1. The molecule has 0 aliphatic heterocycles. The molecular weight excluding hydrogens is 222 g/mol. The quantitative estimate of drug-likeness (QED) is 0.545. The molecule has 0 amide bonds. The third-order valence-electron chi connectivity index (χ3n) is 4.26. The van der Waals surface area contributed by atoms with Gasteiger partial charge in [0.1, 0.15) is 0 Å². The van der Waals surface area contributed by atoms with Crippen LogP contribution in [-0.2, 0) is 4.74 Å². The smallest absolute Gasteiger partial charge is 0.0810 e. The normalized spacial score (nSPS) is 21.8. The van der Waals surface area contributed by atoms with Crippen molar-refractivity contribution >= 4 is 0 Å². The van der Waals surface area contributed by atoms with Crippen molar-refractivity contribution in [2.24, 2.45) is 5.92 Å². The van der Waals surface area contributed by atoms with Gasteiger partial charge in [-0.2, -0.15) is 0 Å². The number of nitrogens with one attached hydrogen (secondary N) is 1. The van der Waals surface area contributed by atoms with Crippen LogP contribution in [-0.4, -0.2) is 24.8 Å². The molecule has 0 spiro atoms. The van der Waals surface area contributed by atoms with Crippen LogP contribution in [0, 0.1) is 5.92 Å². The highest BCUT2D eigenvalue weighted by Crippen LogP contribution is 2.32. The number of hydrogen-bond acceptors (Lipinski definition) is 2. The summed E-state index contributed by atoms with van der Waals surface area (Å²) >= 11 is 0. The second kappa shape index (κ2) is 8.16. The van der Waals surface area contributed by atoms with E-state index in [4.69, 9.17) is 4.74 Å². The van der Waals surface area contributed by atoms with Crippen LogP contribution in [0.15, 0.2) is 0 Å². The molecule has 2 heteroatoms. The molecule has 18 heavy (non-hydrogen) atoms. The van der Waals surface area contributed by atoms with Gasteiger partial charge < -0.3 is 10.1 Å². The van der Waals surface area contributed by atoms with Gasteiger partial charge >= 0.3 is 0 Å². The maximum absolute atomic E-state index is 6.50. The summed E-state index contributed by atoms with van der Waals surface area (Å²) in [7, 11) is 0. The monoisotopic (exact) mass is 255 g/mol. The average molecular weight is 255 g/mol. The predicted molar refractivity (Wildman–Crippen MR) is 79.0 cm³/mol. The molecule has 1 N–H and O–H groups in total. The van der Waals surface area contributed by atoms with Crippen LogP contribution in [0.3, 0.4) is 0 Å². The van der Waals surface area contributed by atoms with Crippen molar-refractivity contribution in [1.82, 2.24) is 5.32 Å². The van der Waals surface area contributed by atoms with Gasteiger partial charge in [0, 0.05) is 6.54 Å². The van der Waals surface area contributed by atoms with Crippen molar-refractivity contribution in [3.05, 3.63) is 0 Å². The fourth-order valence-electron chi connectivity index (χ4n) is 2.73. The van der Waals surface area contributed by atoms with Gasteiger partial charge in [0.05, 0.1) is 11.7 Å². The van der Waals surface area contributed by atoms with E-state index in [2.05, 4.69) is 33.0 Å². The second-order valence-corrected chi connectivity index (χ2v) is 6.34. The molecule has 0 bridgehead atoms. The zero-order valence-corrected chi connectivity index (χ0v) is 12.9. The van der Waals surface area contributed by atoms with E-state index >= 15 is 0 Å². The molecule has 1 rings (SSSR count). The molecule has 1 aliphatic carbocycles. The lowest BCUT2D eigenvalue weighted by atomic mass is 9.93. The van der Waals surface area contributed by atoms with Crippen molar-refractivity contribution in [3.8, 4) is 0 Å². The first-order chi connectivity index (χ1) is 8.59. The Morgan fingerprint density at radius 3 is 2.17 bits per heavy atom. The lowest BCUT2D eigenvalue weighted by Crippen LogP contribution is -2.46. The lowest BCUT2D eigenvalue weighted by Gasteiger charge is -2.37. The van der Waals surface area contributed by atoms with Crippen LogP contribution < -0.4 is 5.32 Å². The second-order valence-electron chi connectivity index (χ2n) is 6.34. The first-order valence-corrected chi connectivity index (χ1v) is 7.98. The summed E-state index contributed by atoms with van der Waals surface area (Å²) in [4.78, 5) is 0. The Hall–Kier alpha value is -0.0800. The molecule has 1 unspecified atom stereocenters. The minimum atomic E-state index is 0.107. The molecule has 0 aromatic rings. The highest BCUT2D eigenvalue weighted by Gasteiger charge is 2.33. The van der Waals surface area contributed by atoms with Gasteiger partial charge in [0.15, 0.2) is 0 Å². The van der Waals surface area contributed by atoms with Gasteiger partial charge in [0.2, 0.25) is 0 Å². The van der Waals surface area contributed by atoms with E-state index in [0.29, 0.717) is 12.0 Å². The first-order valence-electron chi connectivity index (χ1n) is 7.98. The van der Waals surface area contributed by atoms with Crippen LogP contribution in [0.5, 0.6) is 0 Å². The Bertz CT molecular complexity index is 207. The maximum atomic E-state index is 6.50. The summed E-state index contributed by atoms with van der Waals surface area (Å²) in [5.74, 6) is 0.608. The Morgan fingerprint density at radius 1 is 1.06 bits per heavy atom. The molecule has 1 saturated carbocycles. The van der Waals surface area contributed by atoms with E-state index < -0.39 is 0 Å². The van der Waals surface area contributed by atoms with E-state index in [1.807, 2.05) is 0 Å². The summed E-state index contributed by atoms with van der Waals surface area (Å²) in [6.45, 7) is 11.1. The Morgan fingerprint density at radius 2 is 1.67 bits per heavy atom. The van der Waals surface area contributed by atoms with Gasteiger partial charge in [-0.05, 0) is 38.6 Å². The van der Waals surface area contributed by atoms with Crippen molar-refractivity contribution < 1.29 is 4.74 Å². The fraction of sp³-hybridized carbons (Fsp3) is 1.00. The summed E-state index contributed by atoms with van der Waals surface area (Å²) < 4.78 is 6.50. The average Bonchev–Trinajstić information content (AvgIpc) is 2.55.